The number of nitrogens with zero attached hydrogens (tertiary/aromatic N) is 1. The summed E-state index contributed by atoms with van der Waals surface area (Å²) in [6.45, 7) is 6.85. The number of amides is 2. The van der Waals surface area contributed by atoms with E-state index in [-0.39, 0.29) is 24.2 Å². The van der Waals surface area contributed by atoms with Crippen molar-refractivity contribution in [2.24, 2.45) is 5.92 Å². The number of nitrogens with one attached hydrogen (secondary N) is 1. The predicted octanol–water partition coefficient (Wildman–Crippen LogP) is 4.64. The minimum absolute atomic E-state index is 0.0479. The molecule has 3 rings (SSSR count). The van der Waals surface area contributed by atoms with Gasteiger partial charge in [0, 0.05) is 24.3 Å². The van der Waals surface area contributed by atoms with E-state index in [0.29, 0.717) is 24.4 Å². The molecule has 1 aliphatic heterocycles. The predicted molar refractivity (Wildman–Crippen MR) is 121 cm³/mol. The monoisotopic (exact) mass is 422 g/mol. The van der Waals surface area contributed by atoms with Gasteiger partial charge in [-0.1, -0.05) is 37.5 Å². The molecule has 0 radical (unpaired) electrons. The zero-order valence-electron chi connectivity index (χ0n) is 18.4. The lowest BCUT2D eigenvalue weighted by atomic mass is 10.1. The Morgan fingerprint density at radius 2 is 1.84 bits per heavy atom. The highest BCUT2D eigenvalue weighted by Crippen LogP contribution is 2.29. The molecule has 6 heteroatoms. The number of carbonyl (C=O) groups is 3. The number of carbonyl (C=O) groups excluding carboxylic acids is 3. The molecule has 0 aromatic heterocycles. The van der Waals surface area contributed by atoms with E-state index in [1.807, 2.05) is 32.0 Å². The molecule has 1 saturated heterocycles. The van der Waals surface area contributed by atoms with E-state index in [2.05, 4.69) is 12.2 Å². The molecule has 1 heterocycles. The van der Waals surface area contributed by atoms with Crippen molar-refractivity contribution in [1.82, 2.24) is 0 Å². The summed E-state index contributed by atoms with van der Waals surface area (Å²) in [6.07, 6.45) is 3.14. The summed E-state index contributed by atoms with van der Waals surface area (Å²) in [7, 11) is 0. The fourth-order valence-electron chi connectivity index (χ4n) is 3.76. The molecule has 1 aliphatic rings. The lowest BCUT2D eigenvalue weighted by Crippen LogP contribution is -2.28. The van der Waals surface area contributed by atoms with Crippen LogP contribution >= 0.6 is 0 Å². The average molecular weight is 423 g/mol. The van der Waals surface area contributed by atoms with Gasteiger partial charge in [-0.05, 0) is 56.2 Å². The van der Waals surface area contributed by atoms with Crippen LogP contribution in [0.3, 0.4) is 0 Å². The first-order chi connectivity index (χ1) is 14.9. The van der Waals surface area contributed by atoms with Gasteiger partial charge in [0.05, 0.1) is 18.1 Å². The van der Waals surface area contributed by atoms with Crippen molar-refractivity contribution >= 4 is 29.2 Å². The summed E-state index contributed by atoms with van der Waals surface area (Å²) in [5.74, 6) is -1.03. The molecule has 2 aromatic carbocycles. The Balaban J connectivity index is 1.56. The van der Waals surface area contributed by atoms with E-state index in [1.165, 1.54) is 0 Å². The van der Waals surface area contributed by atoms with Crippen LogP contribution in [0.15, 0.2) is 42.5 Å². The van der Waals surface area contributed by atoms with Gasteiger partial charge < -0.3 is 15.0 Å². The number of ether oxygens (including phenoxy) is 1. The topological polar surface area (TPSA) is 75.7 Å². The van der Waals surface area contributed by atoms with Crippen molar-refractivity contribution < 1.29 is 19.1 Å². The van der Waals surface area contributed by atoms with Crippen molar-refractivity contribution in [3.8, 4) is 0 Å². The van der Waals surface area contributed by atoms with Gasteiger partial charge in [-0.25, -0.2) is 4.79 Å². The van der Waals surface area contributed by atoms with Gasteiger partial charge in [0.2, 0.25) is 11.8 Å². The van der Waals surface area contributed by atoms with Gasteiger partial charge in [-0.2, -0.15) is 0 Å². The van der Waals surface area contributed by atoms with Crippen LogP contribution in [-0.4, -0.2) is 30.9 Å². The molecule has 164 valence electrons. The second-order valence-electron chi connectivity index (χ2n) is 8.10. The zero-order chi connectivity index (χ0) is 22.4. The standard InChI is InChI=1S/C25H30N2O4/c1-4-5-6-13-31-25(30)19-8-10-21(11-9-19)26-24(29)20-15-23(28)27(16-20)22-12-7-17(2)14-18(22)3/h7-12,14,20H,4-6,13,15-16H2,1-3H3,(H,26,29)/t20-/m0/s1. The number of unbranched alkanes of at least 4 members (excludes halogenated alkanes) is 2. The van der Waals surface area contributed by atoms with Crippen molar-refractivity contribution in [3.63, 3.8) is 0 Å². The summed E-state index contributed by atoms with van der Waals surface area (Å²) in [5.41, 5.74) is 4.05. The molecule has 2 amide bonds. The van der Waals surface area contributed by atoms with Gasteiger partial charge in [0.1, 0.15) is 0 Å². The smallest absolute Gasteiger partial charge is 0.338 e. The molecule has 1 fully saturated rings. The van der Waals surface area contributed by atoms with E-state index >= 15 is 0 Å². The maximum atomic E-state index is 12.7. The van der Waals surface area contributed by atoms with Crippen LogP contribution in [0.2, 0.25) is 0 Å². The summed E-state index contributed by atoms with van der Waals surface area (Å²) < 4.78 is 5.25. The fourth-order valence-corrected chi connectivity index (χ4v) is 3.76. The van der Waals surface area contributed by atoms with E-state index in [4.69, 9.17) is 4.74 Å². The van der Waals surface area contributed by atoms with E-state index in [9.17, 15) is 14.4 Å². The zero-order valence-corrected chi connectivity index (χ0v) is 18.4. The number of hydrogen-bond acceptors (Lipinski definition) is 4. The molecule has 2 aromatic rings. The normalized spacial score (nSPS) is 15.8. The van der Waals surface area contributed by atoms with Gasteiger partial charge in [-0.3, -0.25) is 9.59 Å². The van der Waals surface area contributed by atoms with Crippen molar-refractivity contribution in [2.45, 2.75) is 46.5 Å². The SMILES string of the molecule is CCCCCOC(=O)c1ccc(NC(=O)[C@H]2CC(=O)N(c3ccc(C)cc3C)C2)cc1. The third-order valence-electron chi connectivity index (χ3n) is 5.51. The first-order valence-corrected chi connectivity index (χ1v) is 10.8. The van der Waals surface area contributed by atoms with Crippen molar-refractivity contribution in [3.05, 3.63) is 59.2 Å². The number of rotatable bonds is 8. The second-order valence-corrected chi connectivity index (χ2v) is 8.10. The molecule has 6 nitrogen and oxygen atoms in total. The highest BCUT2D eigenvalue weighted by molar-refractivity contribution is 6.04. The Hall–Kier alpha value is -3.15. The van der Waals surface area contributed by atoms with E-state index in [0.717, 1.165) is 36.1 Å². The number of esters is 1. The van der Waals surface area contributed by atoms with Crippen molar-refractivity contribution in [2.75, 3.05) is 23.4 Å². The third-order valence-corrected chi connectivity index (χ3v) is 5.51. The number of hydrogen-bond donors (Lipinski definition) is 1. The maximum Gasteiger partial charge on any atom is 0.338 e. The minimum atomic E-state index is -0.420. The van der Waals surface area contributed by atoms with Crippen LogP contribution < -0.4 is 10.2 Å². The van der Waals surface area contributed by atoms with Crippen LogP contribution in [0.25, 0.3) is 0 Å². The summed E-state index contributed by atoms with van der Waals surface area (Å²) in [5, 5.41) is 2.86. The largest absolute Gasteiger partial charge is 0.462 e. The van der Waals surface area contributed by atoms with Crippen LogP contribution in [0.5, 0.6) is 0 Å². The first kappa shape index (κ1) is 22.5. The molecule has 0 spiro atoms. The van der Waals surface area contributed by atoms with Gasteiger partial charge >= 0.3 is 5.97 Å². The molecule has 1 N–H and O–H groups in total. The van der Waals surface area contributed by atoms with Crippen LogP contribution in [0.1, 0.15) is 54.1 Å². The molecular formula is C25H30N2O4. The molecule has 0 unspecified atom stereocenters. The molecule has 1 atom stereocenters. The summed E-state index contributed by atoms with van der Waals surface area (Å²) in [4.78, 5) is 39.0. The van der Waals surface area contributed by atoms with E-state index < -0.39 is 5.92 Å². The maximum absolute atomic E-state index is 12.7. The Morgan fingerprint density at radius 1 is 1.10 bits per heavy atom. The number of anilines is 2. The highest BCUT2D eigenvalue weighted by Gasteiger charge is 2.35. The Morgan fingerprint density at radius 3 is 2.52 bits per heavy atom. The summed E-state index contributed by atoms with van der Waals surface area (Å²) in [6, 6.07) is 12.6. The Kier molecular flexibility index (Phi) is 7.45. The number of aryl methyl sites for hydroxylation is 2. The van der Waals surface area contributed by atoms with Crippen LogP contribution in [0.4, 0.5) is 11.4 Å². The van der Waals surface area contributed by atoms with Crippen LogP contribution in [0, 0.1) is 19.8 Å². The summed E-state index contributed by atoms with van der Waals surface area (Å²) >= 11 is 0. The Bertz CT molecular complexity index is 952. The number of benzene rings is 2. The third kappa shape index (κ3) is 5.72. The fraction of sp³-hybridized carbons (Fsp3) is 0.400. The molecule has 31 heavy (non-hydrogen) atoms. The minimum Gasteiger partial charge on any atom is -0.462 e. The quantitative estimate of drug-likeness (QED) is 0.497. The molecule has 0 saturated carbocycles. The van der Waals surface area contributed by atoms with Gasteiger partial charge in [0.15, 0.2) is 0 Å². The van der Waals surface area contributed by atoms with E-state index in [1.54, 1.807) is 29.2 Å². The molecule has 0 bridgehead atoms. The average Bonchev–Trinajstić information content (AvgIpc) is 3.13. The first-order valence-electron chi connectivity index (χ1n) is 10.8. The van der Waals surface area contributed by atoms with Crippen LogP contribution in [-0.2, 0) is 14.3 Å². The second kappa shape index (κ2) is 10.2. The molecular weight excluding hydrogens is 392 g/mol. The Labute approximate surface area is 183 Å². The lowest BCUT2D eigenvalue weighted by molar-refractivity contribution is -0.122. The van der Waals surface area contributed by atoms with Crippen molar-refractivity contribution in [1.29, 1.82) is 0 Å². The highest BCUT2D eigenvalue weighted by atomic mass is 16.5. The lowest BCUT2D eigenvalue weighted by Gasteiger charge is -2.19. The molecule has 0 aliphatic carbocycles. The van der Waals surface area contributed by atoms with Gasteiger partial charge in [-0.15, -0.1) is 0 Å². The van der Waals surface area contributed by atoms with Gasteiger partial charge in [0.25, 0.3) is 0 Å².